The molecule has 1 amide bonds. The lowest BCUT2D eigenvalue weighted by molar-refractivity contribution is 0.0953. The van der Waals surface area contributed by atoms with Crippen LogP contribution in [0.25, 0.3) is 0 Å². The van der Waals surface area contributed by atoms with Crippen LogP contribution >= 0.6 is 11.8 Å². The highest BCUT2D eigenvalue weighted by Gasteiger charge is 2.10. The van der Waals surface area contributed by atoms with Crippen molar-refractivity contribution in [3.8, 4) is 5.75 Å². The van der Waals surface area contributed by atoms with Crippen molar-refractivity contribution in [3.05, 3.63) is 23.8 Å². The topological polar surface area (TPSA) is 64.3 Å². The summed E-state index contributed by atoms with van der Waals surface area (Å²) in [5.41, 5.74) is 6.72. The highest BCUT2D eigenvalue weighted by Crippen LogP contribution is 2.19. The second-order valence-electron chi connectivity index (χ2n) is 3.91. The van der Waals surface area contributed by atoms with Crippen molar-refractivity contribution in [2.24, 2.45) is 0 Å². The van der Waals surface area contributed by atoms with Crippen LogP contribution in [0.3, 0.4) is 0 Å². The van der Waals surface area contributed by atoms with Crippen LogP contribution in [0.5, 0.6) is 5.75 Å². The first kappa shape index (κ1) is 14.7. The summed E-state index contributed by atoms with van der Waals surface area (Å²) in [5, 5.41) is 2.87. The summed E-state index contributed by atoms with van der Waals surface area (Å²) < 4.78 is 5.08. The monoisotopic (exact) mass is 268 g/mol. The third-order valence-electron chi connectivity index (χ3n) is 2.57. The van der Waals surface area contributed by atoms with Gasteiger partial charge >= 0.3 is 0 Å². The fourth-order valence-corrected chi connectivity index (χ4v) is 2.02. The van der Waals surface area contributed by atoms with Gasteiger partial charge in [0.25, 0.3) is 5.91 Å². The Bertz CT molecular complexity index is 397. The number of hydrogen-bond acceptors (Lipinski definition) is 4. The Morgan fingerprint density at radius 1 is 1.44 bits per heavy atom. The number of anilines is 1. The molecule has 0 atom stereocenters. The van der Waals surface area contributed by atoms with E-state index in [1.165, 1.54) is 0 Å². The van der Waals surface area contributed by atoms with Crippen molar-refractivity contribution in [2.45, 2.75) is 12.8 Å². The summed E-state index contributed by atoms with van der Waals surface area (Å²) in [4.78, 5) is 11.9. The zero-order valence-corrected chi connectivity index (χ0v) is 11.7. The van der Waals surface area contributed by atoms with E-state index in [-0.39, 0.29) is 5.91 Å². The van der Waals surface area contributed by atoms with Gasteiger partial charge in [0.2, 0.25) is 0 Å². The molecule has 5 heteroatoms. The number of carbonyl (C=O) groups excluding carboxylic acids is 1. The minimum atomic E-state index is -0.143. The van der Waals surface area contributed by atoms with Crippen molar-refractivity contribution in [2.75, 3.05) is 31.4 Å². The fourth-order valence-electron chi connectivity index (χ4n) is 1.53. The van der Waals surface area contributed by atoms with Gasteiger partial charge in [0.1, 0.15) is 5.75 Å². The molecule has 1 aromatic carbocycles. The zero-order chi connectivity index (χ0) is 13.4. The molecule has 0 bridgehead atoms. The van der Waals surface area contributed by atoms with Gasteiger partial charge in [-0.05, 0) is 43.0 Å². The molecule has 1 rings (SSSR count). The van der Waals surface area contributed by atoms with Gasteiger partial charge in [-0.15, -0.1) is 0 Å². The molecule has 0 spiro atoms. The predicted octanol–water partition coefficient (Wildman–Crippen LogP) is 2.15. The Labute approximate surface area is 112 Å². The molecule has 0 heterocycles. The first-order valence-corrected chi connectivity index (χ1v) is 7.29. The summed E-state index contributed by atoms with van der Waals surface area (Å²) in [5.74, 6) is 1.62. The molecule has 1 aromatic rings. The van der Waals surface area contributed by atoms with E-state index in [4.69, 9.17) is 10.5 Å². The second-order valence-corrected chi connectivity index (χ2v) is 4.89. The molecular weight excluding hydrogens is 248 g/mol. The minimum absolute atomic E-state index is 0.143. The van der Waals surface area contributed by atoms with Crippen LogP contribution in [-0.2, 0) is 0 Å². The maximum Gasteiger partial charge on any atom is 0.253 e. The van der Waals surface area contributed by atoms with Crippen molar-refractivity contribution < 1.29 is 9.53 Å². The number of carbonyl (C=O) groups is 1. The molecule has 0 radical (unpaired) electrons. The minimum Gasteiger partial charge on any atom is -0.497 e. The van der Waals surface area contributed by atoms with Crippen LogP contribution in [-0.4, -0.2) is 31.6 Å². The van der Waals surface area contributed by atoms with Crippen LogP contribution in [0, 0.1) is 0 Å². The van der Waals surface area contributed by atoms with Crippen LogP contribution in [0.15, 0.2) is 18.2 Å². The van der Waals surface area contributed by atoms with Gasteiger partial charge in [0, 0.05) is 12.2 Å². The van der Waals surface area contributed by atoms with E-state index < -0.39 is 0 Å². The Kier molecular flexibility index (Phi) is 6.43. The van der Waals surface area contributed by atoms with E-state index in [1.807, 2.05) is 11.8 Å². The van der Waals surface area contributed by atoms with Gasteiger partial charge in [-0.2, -0.15) is 11.8 Å². The van der Waals surface area contributed by atoms with Crippen molar-refractivity contribution in [3.63, 3.8) is 0 Å². The molecule has 0 aromatic heterocycles. The summed E-state index contributed by atoms with van der Waals surface area (Å²) in [6, 6.07) is 5.08. The summed E-state index contributed by atoms with van der Waals surface area (Å²) >= 11 is 1.81. The van der Waals surface area contributed by atoms with E-state index in [2.05, 4.69) is 11.6 Å². The first-order valence-electron chi connectivity index (χ1n) is 5.89. The van der Waals surface area contributed by atoms with Crippen LogP contribution in [0.4, 0.5) is 5.69 Å². The van der Waals surface area contributed by atoms with E-state index in [1.54, 1.807) is 25.3 Å². The molecule has 0 aliphatic carbocycles. The normalized spacial score (nSPS) is 10.1. The summed E-state index contributed by atoms with van der Waals surface area (Å²) in [6.07, 6.45) is 4.17. The predicted molar refractivity (Wildman–Crippen MR) is 77.4 cm³/mol. The lowest BCUT2D eigenvalue weighted by Crippen LogP contribution is -2.25. The summed E-state index contributed by atoms with van der Waals surface area (Å²) in [6.45, 7) is 0.677. The van der Waals surface area contributed by atoms with Gasteiger partial charge in [0.15, 0.2) is 0 Å². The molecule has 0 fully saturated rings. The number of nitrogens with two attached hydrogens (primary N) is 1. The van der Waals surface area contributed by atoms with Crippen LogP contribution in [0.1, 0.15) is 23.2 Å². The van der Waals surface area contributed by atoms with Gasteiger partial charge < -0.3 is 15.8 Å². The molecule has 100 valence electrons. The Morgan fingerprint density at radius 2 is 2.22 bits per heavy atom. The van der Waals surface area contributed by atoms with Gasteiger partial charge in [-0.25, -0.2) is 0 Å². The number of nitrogen functional groups attached to an aromatic ring is 1. The number of rotatable bonds is 7. The Balaban J connectivity index is 2.50. The maximum atomic E-state index is 11.9. The third-order valence-corrected chi connectivity index (χ3v) is 3.26. The van der Waals surface area contributed by atoms with E-state index in [9.17, 15) is 4.79 Å². The number of hydrogen-bond donors (Lipinski definition) is 2. The number of thioether (sulfide) groups is 1. The van der Waals surface area contributed by atoms with E-state index in [0.717, 1.165) is 18.6 Å². The summed E-state index contributed by atoms with van der Waals surface area (Å²) in [7, 11) is 1.57. The average molecular weight is 268 g/mol. The second kappa shape index (κ2) is 7.87. The first-order chi connectivity index (χ1) is 8.69. The SMILES string of the molecule is COc1ccc(N)c(C(=O)NCCCCSC)c1. The van der Waals surface area contributed by atoms with E-state index >= 15 is 0 Å². The largest absolute Gasteiger partial charge is 0.497 e. The highest BCUT2D eigenvalue weighted by molar-refractivity contribution is 7.98. The number of ether oxygens (including phenoxy) is 1. The number of amides is 1. The lowest BCUT2D eigenvalue weighted by Gasteiger charge is -2.09. The van der Waals surface area contributed by atoms with Crippen LogP contribution < -0.4 is 15.8 Å². The standard InChI is InChI=1S/C13H20N2O2S/c1-17-10-5-6-12(14)11(9-10)13(16)15-7-3-4-8-18-2/h5-6,9H,3-4,7-8,14H2,1-2H3,(H,15,16). The number of unbranched alkanes of at least 4 members (excludes halogenated alkanes) is 1. The molecule has 18 heavy (non-hydrogen) atoms. The lowest BCUT2D eigenvalue weighted by atomic mass is 10.1. The molecule has 0 unspecified atom stereocenters. The Morgan fingerprint density at radius 3 is 2.89 bits per heavy atom. The molecule has 0 saturated carbocycles. The number of benzene rings is 1. The van der Waals surface area contributed by atoms with Gasteiger partial charge in [0.05, 0.1) is 12.7 Å². The van der Waals surface area contributed by atoms with Gasteiger partial charge in [-0.1, -0.05) is 0 Å². The van der Waals surface area contributed by atoms with E-state index in [0.29, 0.717) is 23.5 Å². The average Bonchev–Trinajstić information content (AvgIpc) is 2.39. The third kappa shape index (κ3) is 4.49. The molecule has 0 aliphatic heterocycles. The highest BCUT2D eigenvalue weighted by atomic mass is 32.2. The molecule has 0 saturated heterocycles. The van der Waals surface area contributed by atoms with Crippen molar-refractivity contribution in [1.29, 1.82) is 0 Å². The zero-order valence-electron chi connectivity index (χ0n) is 10.9. The molecule has 0 aliphatic rings. The molecular formula is C13H20N2O2S. The van der Waals surface area contributed by atoms with Crippen molar-refractivity contribution in [1.82, 2.24) is 5.32 Å². The van der Waals surface area contributed by atoms with Crippen molar-refractivity contribution >= 4 is 23.4 Å². The number of nitrogens with one attached hydrogen (secondary N) is 1. The maximum absolute atomic E-state index is 11.9. The fraction of sp³-hybridized carbons (Fsp3) is 0.462. The van der Waals surface area contributed by atoms with Gasteiger partial charge in [-0.3, -0.25) is 4.79 Å². The Hall–Kier alpha value is -1.36. The van der Waals surface area contributed by atoms with Crippen LogP contribution in [0.2, 0.25) is 0 Å². The smallest absolute Gasteiger partial charge is 0.253 e. The molecule has 4 nitrogen and oxygen atoms in total. The number of methoxy groups -OCH3 is 1. The quantitative estimate of drug-likeness (QED) is 0.587. The molecule has 3 N–H and O–H groups in total.